The molecule has 0 radical (unpaired) electrons. The lowest BCUT2D eigenvalue weighted by Crippen LogP contribution is -2.32. The van der Waals surface area contributed by atoms with Gasteiger partial charge in [0.2, 0.25) is 0 Å². The van der Waals surface area contributed by atoms with Crippen LogP contribution in [0.2, 0.25) is 0 Å². The Balaban J connectivity index is 2.74. The van der Waals surface area contributed by atoms with Crippen molar-refractivity contribution in [2.45, 2.75) is 0 Å². The van der Waals surface area contributed by atoms with Crippen LogP contribution >= 0.6 is 56.5 Å². The molecule has 0 aliphatic rings. The molecule has 0 amide bonds. The maximum absolute atomic E-state index is 9.12. The van der Waals surface area contributed by atoms with Crippen LogP contribution in [-0.4, -0.2) is 17.2 Å². The van der Waals surface area contributed by atoms with Crippen LogP contribution in [0.3, 0.4) is 0 Å². The molecule has 1 aromatic heterocycles. The molecule has 2 N–H and O–H groups in total. The first-order chi connectivity index (χ1) is 6.59. The molecule has 72 valence electrons. The third-order valence-corrected chi connectivity index (χ3v) is 4.98. The maximum Gasteiger partial charge on any atom is 0.489 e. The van der Waals surface area contributed by atoms with Gasteiger partial charge in [0.15, 0.2) is 0 Å². The molecule has 0 spiro atoms. The quantitative estimate of drug-likeness (QED) is 0.536. The lowest BCUT2D eigenvalue weighted by molar-refractivity contribution is 0.425. The Morgan fingerprint density at radius 2 is 1.93 bits per heavy atom. The van der Waals surface area contributed by atoms with Crippen LogP contribution < -0.4 is 5.46 Å². The minimum absolute atomic E-state index is 0.576. The molecule has 2 nitrogen and oxygen atoms in total. The number of fused-ring (bicyclic) bond motifs is 1. The Morgan fingerprint density at radius 3 is 2.57 bits per heavy atom. The van der Waals surface area contributed by atoms with E-state index < -0.39 is 7.12 Å². The van der Waals surface area contributed by atoms with Gasteiger partial charge in [-0.15, -0.1) is 11.3 Å². The fraction of sp³-hybridized carbons (Fsp3) is 0. The molecule has 1 heterocycles. The van der Waals surface area contributed by atoms with E-state index >= 15 is 0 Å². The summed E-state index contributed by atoms with van der Waals surface area (Å²) in [5.74, 6) is 0. The number of rotatable bonds is 1. The van der Waals surface area contributed by atoms with Gasteiger partial charge >= 0.3 is 7.12 Å². The van der Waals surface area contributed by atoms with E-state index in [0.29, 0.717) is 5.46 Å². The van der Waals surface area contributed by atoms with Gasteiger partial charge in [-0.1, -0.05) is 6.07 Å². The molecule has 2 rings (SSSR count). The molecular formula is C8H5BI2O2S. The number of hydrogen-bond donors (Lipinski definition) is 2. The van der Waals surface area contributed by atoms with Crippen LogP contribution in [0.15, 0.2) is 18.2 Å². The Labute approximate surface area is 113 Å². The highest BCUT2D eigenvalue weighted by Gasteiger charge is 2.17. The van der Waals surface area contributed by atoms with Gasteiger partial charge in [0.05, 0.1) is 2.88 Å². The molecule has 0 aliphatic carbocycles. The van der Waals surface area contributed by atoms with Gasteiger partial charge in [-0.3, -0.25) is 0 Å². The minimum Gasteiger partial charge on any atom is -0.423 e. The number of halogens is 2. The fourth-order valence-corrected chi connectivity index (χ4v) is 4.17. The second-order valence-electron chi connectivity index (χ2n) is 2.80. The summed E-state index contributed by atoms with van der Waals surface area (Å²) in [4.78, 5) is 0. The van der Waals surface area contributed by atoms with Crippen molar-refractivity contribution in [3.63, 3.8) is 0 Å². The van der Waals surface area contributed by atoms with Gasteiger partial charge in [0.25, 0.3) is 0 Å². The molecule has 0 atom stereocenters. The van der Waals surface area contributed by atoms with E-state index in [1.54, 1.807) is 17.4 Å². The Hall–Kier alpha value is 0.625. The average molecular weight is 430 g/mol. The molecule has 14 heavy (non-hydrogen) atoms. The smallest absolute Gasteiger partial charge is 0.423 e. The van der Waals surface area contributed by atoms with E-state index in [2.05, 4.69) is 51.2 Å². The van der Waals surface area contributed by atoms with Gasteiger partial charge in [0, 0.05) is 13.7 Å². The Bertz CT molecular complexity index is 483. The van der Waals surface area contributed by atoms with Crippen LogP contribution in [-0.2, 0) is 0 Å². The van der Waals surface area contributed by atoms with E-state index in [-0.39, 0.29) is 0 Å². The predicted octanol–water partition coefficient (Wildman–Crippen LogP) is 1.79. The van der Waals surface area contributed by atoms with Crippen molar-refractivity contribution in [1.29, 1.82) is 0 Å². The molecule has 0 unspecified atom stereocenters. The predicted molar refractivity (Wildman–Crippen MR) is 77.1 cm³/mol. The van der Waals surface area contributed by atoms with Gasteiger partial charge in [0.1, 0.15) is 0 Å². The third kappa shape index (κ3) is 1.94. The molecule has 1 aromatic carbocycles. The third-order valence-electron chi connectivity index (χ3n) is 1.91. The van der Waals surface area contributed by atoms with Crippen LogP contribution in [0.4, 0.5) is 0 Å². The first-order valence-corrected chi connectivity index (χ1v) is 6.80. The summed E-state index contributed by atoms with van der Waals surface area (Å²) in [7, 11) is -1.39. The number of thiophene rings is 1. The second-order valence-corrected chi connectivity index (χ2v) is 6.86. The second kappa shape index (κ2) is 4.24. The van der Waals surface area contributed by atoms with Crippen molar-refractivity contribution in [2.24, 2.45) is 0 Å². The first kappa shape index (κ1) is 11.1. The van der Waals surface area contributed by atoms with E-state index in [9.17, 15) is 0 Å². The zero-order valence-corrected chi connectivity index (χ0v) is 12.0. The zero-order chi connectivity index (χ0) is 10.3. The summed E-state index contributed by atoms with van der Waals surface area (Å²) in [6.07, 6.45) is 0. The van der Waals surface area contributed by atoms with Gasteiger partial charge < -0.3 is 10.0 Å². The highest BCUT2D eigenvalue weighted by Crippen LogP contribution is 2.29. The summed E-state index contributed by atoms with van der Waals surface area (Å²) >= 11 is 6.12. The summed E-state index contributed by atoms with van der Waals surface area (Å²) in [6.45, 7) is 0. The number of benzene rings is 1. The van der Waals surface area contributed by atoms with E-state index in [1.807, 2.05) is 6.07 Å². The Morgan fingerprint density at radius 1 is 1.21 bits per heavy atom. The van der Waals surface area contributed by atoms with Gasteiger partial charge in [-0.05, 0) is 62.8 Å². The van der Waals surface area contributed by atoms with E-state index in [1.165, 1.54) is 7.58 Å². The Kier molecular flexibility index (Phi) is 3.37. The lowest BCUT2D eigenvalue weighted by atomic mass is 9.80. The molecular weight excluding hydrogens is 425 g/mol. The summed E-state index contributed by atoms with van der Waals surface area (Å²) in [5.41, 5.74) is 0.576. The van der Waals surface area contributed by atoms with Crippen molar-refractivity contribution in [3.8, 4) is 0 Å². The lowest BCUT2D eigenvalue weighted by Gasteiger charge is -2.03. The highest BCUT2D eigenvalue weighted by atomic mass is 127. The van der Waals surface area contributed by atoms with Crippen LogP contribution in [0, 0.1) is 6.45 Å². The summed E-state index contributed by atoms with van der Waals surface area (Å²) in [5, 5.41) is 19.3. The minimum atomic E-state index is -1.39. The standard InChI is InChI=1S/C8H5BI2O2S/c10-7-3-4-6(14-7)2-1-5(8(4)11)9(12)13/h1-3,12-13H. The largest absolute Gasteiger partial charge is 0.489 e. The molecule has 0 saturated carbocycles. The van der Waals surface area contributed by atoms with Crippen molar-refractivity contribution in [3.05, 3.63) is 24.7 Å². The van der Waals surface area contributed by atoms with Crippen molar-refractivity contribution < 1.29 is 10.0 Å². The van der Waals surface area contributed by atoms with Crippen LogP contribution in [0.1, 0.15) is 0 Å². The molecule has 0 fully saturated rings. The average Bonchev–Trinajstić information content (AvgIpc) is 2.46. The SMILES string of the molecule is OB(O)c1ccc2sc(I)cc2c1I. The van der Waals surface area contributed by atoms with Crippen LogP contribution in [0.5, 0.6) is 0 Å². The van der Waals surface area contributed by atoms with Crippen molar-refractivity contribution >= 4 is 79.2 Å². The van der Waals surface area contributed by atoms with Crippen molar-refractivity contribution in [1.82, 2.24) is 0 Å². The molecule has 6 heteroatoms. The molecule has 2 aromatic rings. The highest BCUT2D eigenvalue weighted by molar-refractivity contribution is 14.1. The van der Waals surface area contributed by atoms with Gasteiger partial charge in [-0.2, -0.15) is 0 Å². The topological polar surface area (TPSA) is 40.5 Å². The number of hydrogen-bond acceptors (Lipinski definition) is 3. The van der Waals surface area contributed by atoms with Crippen LogP contribution in [0.25, 0.3) is 10.1 Å². The normalized spacial score (nSPS) is 10.9. The molecule has 0 saturated heterocycles. The molecule has 0 bridgehead atoms. The summed E-state index contributed by atoms with van der Waals surface area (Å²) in [6, 6.07) is 5.76. The zero-order valence-electron chi connectivity index (χ0n) is 6.87. The fourth-order valence-electron chi connectivity index (χ4n) is 1.26. The molecule has 0 aliphatic heterocycles. The monoisotopic (exact) mass is 430 g/mol. The van der Waals surface area contributed by atoms with Gasteiger partial charge in [-0.25, -0.2) is 0 Å². The van der Waals surface area contributed by atoms with E-state index in [0.717, 1.165) is 8.96 Å². The van der Waals surface area contributed by atoms with Crippen molar-refractivity contribution in [2.75, 3.05) is 0 Å². The maximum atomic E-state index is 9.12. The first-order valence-electron chi connectivity index (χ1n) is 3.83. The van der Waals surface area contributed by atoms with E-state index in [4.69, 9.17) is 10.0 Å². The summed E-state index contributed by atoms with van der Waals surface area (Å²) < 4.78 is 3.32.